The van der Waals surface area contributed by atoms with Gasteiger partial charge in [0.15, 0.2) is 12.6 Å². The van der Waals surface area contributed by atoms with E-state index < -0.39 is 40.3 Å². The summed E-state index contributed by atoms with van der Waals surface area (Å²) in [6, 6.07) is 4.95. The van der Waals surface area contributed by atoms with Crippen molar-refractivity contribution in [3.05, 3.63) is 52.8 Å². The van der Waals surface area contributed by atoms with Gasteiger partial charge in [-0.1, -0.05) is 18.4 Å². The van der Waals surface area contributed by atoms with E-state index in [1.54, 1.807) is 6.07 Å². The van der Waals surface area contributed by atoms with Crippen LogP contribution in [0.1, 0.15) is 83.3 Å². The van der Waals surface area contributed by atoms with Gasteiger partial charge in [-0.15, -0.1) is 6.42 Å². The van der Waals surface area contributed by atoms with E-state index in [0.29, 0.717) is 50.0 Å². The topological polar surface area (TPSA) is 89.5 Å². The Morgan fingerprint density at radius 3 is 2.61 bits per heavy atom. The lowest BCUT2D eigenvalue weighted by atomic mass is 9.90. The lowest BCUT2D eigenvalue weighted by Crippen LogP contribution is -2.62. The predicted molar refractivity (Wildman–Crippen MR) is 215 cm³/mol. The number of nitrogens with zero attached hydrogens (tertiary/aromatic N) is 5. The fourth-order valence-electron chi connectivity index (χ4n) is 10.6. The quantitative estimate of drug-likeness (QED) is 0.104. The second kappa shape index (κ2) is 15.0. The normalized spacial score (nSPS) is 25.3. The summed E-state index contributed by atoms with van der Waals surface area (Å²) in [4.78, 5) is 29.5. The molecule has 3 aromatic carbocycles. The van der Waals surface area contributed by atoms with Crippen LogP contribution in [0, 0.1) is 29.8 Å². The average Bonchev–Trinajstić information content (AvgIpc) is 3.85. The Bertz CT molecular complexity index is 2380. The van der Waals surface area contributed by atoms with Gasteiger partial charge in [0.1, 0.15) is 47.1 Å². The molecule has 0 radical (unpaired) electrons. The molecule has 4 fully saturated rings. The number of alkyl halides is 1. The number of hydrogen-bond donors (Lipinski definition) is 0. The molecule has 5 aliphatic heterocycles. The minimum Gasteiger partial charge on any atom is -0.468 e. The van der Waals surface area contributed by atoms with Gasteiger partial charge in [-0.25, -0.2) is 22.4 Å². The van der Waals surface area contributed by atoms with Crippen molar-refractivity contribution in [2.24, 2.45) is 0 Å². The number of aromatic nitrogens is 2. The molecule has 0 unspecified atom stereocenters. The van der Waals surface area contributed by atoms with E-state index in [4.69, 9.17) is 35.3 Å². The molecule has 2 bridgehead atoms. The van der Waals surface area contributed by atoms with Crippen LogP contribution in [0.4, 0.5) is 28.2 Å². The fourth-order valence-corrected chi connectivity index (χ4v) is 10.6. The SMILES string of the molecule is C#Cc1c(F)ccc2cc(OCOC)cc(-c3c(F)c4c5c(nc(OC[C@@]67CCCN6C[C@H](F)C7)nc5c3F)N3C[C@H]5CC[C@@H]([C@H]3CCCC4)N5C(=O)OC(C)(C)C)c12. The number of carbonyl (C=O) groups is 1. The van der Waals surface area contributed by atoms with E-state index in [9.17, 15) is 9.18 Å². The first-order valence-corrected chi connectivity index (χ1v) is 20.7. The highest BCUT2D eigenvalue weighted by atomic mass is 19.1. The Balaban J connectivity index is 1.26. The molecular formula is C45H49F4N5O5. The van der Waals surface area contributed by atoms with E-state index in [0.717, 1.165) is 32.2 Å². The maximum Gasteiger partial charge on any atom is 0.410 e. The van der Waals surface area contributed by atoms with Crippen molar-refractivity contribution < 1.29 is 41.3 Å². The van der Waals surface area contributed by atoms with Gasteiger partial charge in [0.25, 0.3) is 0 Å². The van der Waals surface area contributed by atoms with Crippen LogP contribution < -0.4 is 14.4 Å². The number of halogens is 4. The highest BCUT2D eigenvalue weighted by Crippen LogP contribution is 2.48. The van der Waals surface area contributed by atoms with Gasteiger partial charge >= 0.3 is 12.1 Å². The van der Waals surface area contributed by atoms with Crippen LogP contribution in [0.25, 0.3) is 32.8 Å². The second-order valence-electron chi connectivity index (χ2n) is 17.7. The van der Waals surface area contributed by atoms with Crippen molar-refractivity contribution in [2.75, 3.05) is 45.0 Å². The van der Waals surface area contributed by atoms with E-state index >= 15 is 13.2 Å². The van der Waals surface area contributed by atoms with E-state index in [-0.39, 0.29) is 88.8 Å². The number of amides is 1. The van der Waals surface area contributed by atoms with Crippen LogP contribution in [0.15, 0.2) is 24.3 Å². The molecular weight excluding hydrogens is 767 g/mol. The Morgan fingerprint density at radius 2 is 1.83 bits per heavy atom. The third-order valence-corrected chi connectivity index (χ3v) is 13.0. The first kappa shape index (κ1) is 39.6. The minimum atomic E-state index is -0.997. The second-order valence-corrected chi connectivity index (χ2v) is 17.7. The Labute approximate surface area is 341 Å². The molecule has 10 nitrogen and oxygen atoms in total. The van der Waals surface area contributed by atoms with Gasteiger partial charge in [0, 0.05) is 43.1 Å². The number of fused-ring (bicyclic) bond motifs is 7. The lowest BCUT2D eigenvalue weighted by Gasteiger charge is -2.47. The molecule has 312 valence electrons. The summed E-state index contributed by atoms with van der Waals surface area (Å²) in [5, 5.41) is 0.781. The third-order valence-electron chi connectivity index (χ3n) is 13.0. The molecule has 4 aromatic rings. The van der Waals surface area contributed by atoms with Gasteiger partial charge in [0.05, 0.1) is 40.2 Å². The van der Waals surface area contributed by atoms with Gasteiger partial charge in [0.2, 0.25) is 0 Å². The summed E-state index contributed by atoms with van der Waals surface area (Å²) in [5.74, 6) is 0.415. The number of rotatable bonds is 7. The summed E-state index contributed by atoms with van der Waals surface area (Å²) in [6.07, 6.45) is 10.0. The number of hydrogen-bond acceptors (Lipinski definition) is 9. The van der Waals surface area contributed by atoms with Gasteiger partial charge in [-0.3, -0.25) is 9.80 Å². The molecule has 14 heteroatoms. The van der Waals surface area contributed by atoms with Crippen molar-refractivity contribution in [2.45, 2.75) is 114 Å². The maximum absolute atomic E-state index is 17.9. The van der Waals surface area contributed by atoms with Gasteiger partial charge in [-0.05, 0) is 95.8 Å². The molecule has 5 aliphatic rings. The molecule has 0 saturated carbocycles. The van der Waals surface area contributed by atoms with E-state index in [1.807, 2.05) is 25.7 Å². The van der Waals surface area contributed by atoms with Gasteiger partial charge in [-0.2, -0.15) is 9.97 Å². The predicted octanol–water partition coefficient (Wildman–Crippen LogP) is 8.47. The van der Waals surface area contributed by atoms with Crippen LogP contribution in [-0.4, -0.2) is 101 Å². The number of ether oxygens (including phenoxy) is 4. The summed E-state index contributed by atoms with van der Waals surface area (Å²) in [6.45, 7) is 6.90. The third kappa shape index (κ3) is 6.78. The lowest BCUT2D eigenvalue weighted by molar-refractivity contribution is 0.00702. The number of terminal acetylenes is 1. The molecule has 1 amide bonds. The summed E-state index contributed by atoms with van der Waals surface area (Å²) >= 11 is 0. The van der Waals surface area contributed by atoms with Crippen LogP contribution in [0.5, 0.6) is 11.8 Å². The molecule has 6 heterocycles. The van der Waals surface area contributed by atoms with E-state index in [2.05, 4.69) is 15.7 Å². The zero-order chi connectivity index (χ0) is 41.4. The zero-order valence-corrected chi connectivity index (χ0v) is 33.9. The van der Waals surface area contributed by atoms with Crippen molar-refractivity contribution in [3.63, 3.8) is 0 Å². The number of piperazine rings is 1. The Hall–Kier alpha value is -4.87. The highest BCUT2D eigenvalue weighted by Gasteiger charge is 2.52. The molecule has 0 spiro atoms. The Morgan fingerprint density at radius 1 is 1.00 bits per heavy atom. The summed E-state index contributed by atoms with van der Waals surface area (Å²) in [5.41, 5.74) is -1.76. The number of anilines is 1. The fraction of sp³-hybridized carbons (Fsp3) is 0.533. The summed E-state index contributed by atoms with van der Waals surface area (Å²) in [7, 11) is 1.45. The number of carbonyl (C=O) groups excluding carboxylic acids is 1. The smallest absolute Gasteiger partial charge is 0.410 e. The maximum atomic E-state index is 17.9. The van der Waals surface area contributed by atoms with Gasteiger partial charge < -0.3 is 23.8 Å². The number of aryl methyl sites for hydroxylation is 1. The van der Waals surface area contributed by atoms with Crippen molar-refractivity contribution in [1.29, 1.82) is 0 Å². The van der Waals surface area contributed by atoms with Crippen LogP contribution in [0.2, 0.25) is 0 Å². The molecule has 1 aromatic heterocycles. The number of benzene rings is 3. The summed E-state index contributed by atoms with van der Waals surface area (Å²) < 4.78 is 89.1. The van der Waals surface area contributed by atoms with Crippen molar-refractivity contribution in [3.8, 4) is 35.2 Å². The zero-order valence-electron chi connectivity index (χ0n) is 33.9. The first-order valence-electron chi connectivity index (χ1n) is 20.7. The average molecular weight is 816 g/mol. The molecule has 0 aliphatic carbocycles. The highest BCUT2D eigenvalue weighted by molar-refractivity contribution is 6.05. The molecule has 59 heavy (non-hydrogen) atoms. The molecule has 4 saturated heterocycles. The monoisotopic (exact) mass is 815 g/mol. The number of methoxy groups -OCH3 is 1. The molecule has 5 atom stereocenters. The van der Waals surface area contributed by atoms with E-state index in [1.165, 1.54) is 25.3 Å². The van der Waals surface area contributed by atoms with Crippen LogP contribution in [-0.2, 0) is 15.9 Å². The van der Waals surface area contributed by atoms with Crippen LogP contribution >= 0.6 is 0 Å². The first-order chi connectivity index (χ1) is 28.3. The van der Waals surface area contributed by atoms with Crippen molar-refractivity contribution >= 4 is 33.6 Å². The Kier molecular flexibility index (Phi) is 10.1. The molecule has 0 N–H and O–H groups in total. The minimum absolute atomic E-state index is 0.000897. The standard InChI is InChI=1S/C45H49F4N5O5/c1-6-29-32(47)14-12-25-18-28(58-24-56-5)19-31(35(25)29)36-38(48)30-10-7-8-11-33-34-15-13-27(54(34)43(55)59-44(2,3)4)22-53(33)41-37(30)40(39(36)49)50-42(51-41)57-23-45-16-9-17-52(45)21-26(46)20-45/h1,12,14,18-19,26-27,33-34H,7-11,13,15-17,20-24H2,2-5H3/t26-,27-,33-,34+,45+/m1/s1. The van der Waals surface area contributed by atoms with Crippen LogP contribution in [0.3, 0.4) is 0 Å². The van der Waals surface area contributed by atoms with Crippen molar-refractivity contribution in [1.82, 2.24) is 19.8 Å². The largest absolute Gasteiger partial charge is 0.468 e. The molecule has 9 rings (SSSR count).